The van der Waals surface area contributed by atoms with Gasteiger partial charge in [0.05, 0.1) is 4.87 Å². The van der Waals surface area contributed by atoms with Gasteiger partial charge in [-0.1, -0.05) is 17.3 Å². The number of carbonyl (C=O) groups is 2. The van der Waals surface area contributed by atoms with E-state index in [9.17, 15) is 9.59 Å². The van der Waals surface area contributed by atoms with E-state index in [0.29, 0.717) is 29.6 Å². The van der Waals surface area contributed by atoms with Crippen molar-refractivity contribution < 1.29 is 14.1 Å². The summed E-state index contributed by atoms with van der Waals surface area (Å²) >= 11 is 1.68. The van der Waals surface area contributed by atoms with Gasteiger partial charge in [0.15, 0.2) is 0 Å². The Hall–Kier alpha value is -2.35. The number of nitrogens with one attached hydrogen (secondary N) is 1. The van der Waals surface area contributed by atoms with Gasteiger partial charge in [-0.2, -0.15) is 4.98 Å². The summed E-state index contributed by atoms with van der Waals surface area (Å²) in [6.07, 6.45) is 1.31. The number of rotatable bonds is 3. The largest absolute Gasteiger partial charge is 0.339 e. The van der Waals surface area contributed by atoms with Crippen molar-refractivity contribution >= 4 is 29.3 Å². The molecule has 8 heteroatoms. The average Bonchev–Trinajstić information content (AvgIpc) is 3.24. The maximum atomic E-state index is 12.7. The van der Waals surface area contributed by atoms with Gasteiger partial charge in [0, 0.05) is 30.3 Å². The van der Waals surface area contributed by atoms with Crippen LogP contribution in [0.15, 0.2) is 28.8 Å². The maximum Gasteiger partial charge on any atom is 0.248 e. The fraction of sp³-hybridized carbons (Fsp3) is 0.412. The van der Waals surface area contributed by atoms with Gasteiger partial charge in [-0.25, -0.2) is 0 Å². The van der Waals surface area contributed by atoms with Gasteiger partial charge in [-0.05, 0) is 25.5 Å². The number of nitrogens with zero attached hydrogens (tertiary/aromatic N) is 3. The summed E-state index contributed by atoms with van der Waals surface area (Å²) < 4.78 is 5.00. The monoisotopic (exact) mass is 358 g/mol. The highest BCUT2D eigenvalue weighted by Crippen LogP contribution is 2.47. The van der Waals surface area contributed by atoms with Crippen molar-refractivity contribution in [3.8, 4) is 11.4 Å². The number of hydrogen-bond donors (Lipinski definition) is 1. The molecule has 0 aliphatic carbocycles. The van der Waals surface area contributed by atoms with Crippen LogP contribution < -0.4 is 5.32 Å². The van der Waals surface area contributed by atoms with Crippen molar-refractivity contribution in [3.05, 3.63) is 30.2 Å². The van der Waals surface area contributed by atoms with Crippen LogP contribution in [-0.2, 0) is 9.59 Å². The Morgan fingerprint density at radius 1 is 1.48 bits per heavy atom. The van der Waals surface area contributed by atoms with Gasteiger partial charge in [-0.15, -0.1) is 11.8 Å². The second-order valence-corrected chi connectivity index (χ2v) is 7.97. The van der Waals surface area contributed by atoms with Crippen LogP contribution in [0.5, 0.6) is 0 Å². The lowest BCUT2D eigenvalue weighted by molar-refractivity contribution is -0.135. The molecule has 2 saturated heterocycles. The van der Waals surface area contributed by atoms with Crippen LogP contribution in [0.3, 0.4) is 0 Å². The second kappa shape index (κ2) is 5.87. The Balaban J connectivity index is 1.53. The summed E-state index contributed by atoms with van der Waals surface area (Å²) in [7, 11) is 0. The fourth-order valence-corrected chi connectivity index (χ4v) is 4.82. The Morgan fingerprint density at radius 2 is 2.32 bits per heavy atom. The van der Waals surface area contributed by atoms with E-state index in [2.05, 4.69) is 15.5 Å². The highest BCUT2D eigenvalue weighted by atomic mass is 32.2. The summed E-state index contributed by atoms with van der Waals surface area (Å²) in [5.74, 6) is 1.49. The number of anilines is 1. The van der Waals surface area contributed by atoms with Crippen LogP contribution in [0.2, 0.25) is 0 Å². The maximum absolute atomic E-state index is 12.7. The molecule has 25 heavy (non-hydrogen) atoms. The number of carbonyl (C=O) groups excluding carboxylic acids is 2. The molecule has 0 bridgehead atoms. The molecule has 1 N–H and O–H groups in total. The van der Waals surface area contributed by atoms with E-state index in [1.807, 2.05) is 19.1 Å². The zero-order chi connectivity index (χ0) is 17.6. The molecule has 0 radical (unpaired) electrons. The number of thioether (sulfide) groups is 1. The zero-order valence-electron chi connectivity index (χ0n) is 14.0. The first-order valence-electron chi connectivity index (χ1n) is 8.14. The van der Waals surface area contributed by atoms with Gasteiger partial charge in [-0.3, -0.25) is 9.59 Å². The van der Waals surface area contributed by atoms with E-state index >= 15 is 0 Å². The van der Waals surface area contributed by atoms with E-state index in [4.69, 9.17) is 4.52 Å². The molecule has 4 rings (SSSR count). The summed E-state index contributed by atoms with van der Waals surface area (Å²) in [5, 5.41) is 6.81. The molecule has 3 heterocycles. The third-order valence-corrected chi connectivity index (χ3v) is 6.17. The van der Waals surface area contributed by atoms with E-state index in [1.54, 1.807) is 35.7 Å². The van der Waals surface area contributed by atoms with Crippen molar-refractivity contribution in [1.29, 1.82) is 0 Å². The fourth-order valence-electron chi connectivity index (χ4n) is 3.39. The molecule has 0 unspecified atom stereocenters. The van der Waals surface area contributed by atoms with E-state index in [0.717, 1.165) is 12.0 Å². The Morgan fingerprint density at radius 3 is 3.08 bits per heavy atom. The molecule has 2 aliphatic rings. The lowest BCUT2D eigenvalue weighted by Gasteiger charge is -2.29. The molecule has 1 aromatic heterocycles. The number of hydrogen-bond acceptors (Lipinski definition) is 6. The topological polar surface area (TPSA) is 88.3 Å². The predicted octanol–water partition coefficient (Wildman–Crippen LogP) is 2.44. The van der Waals surface area contributed by atoms with Crippen LogP contribution in [0.25, 0.3) is 11.4 Å². The summed E-state index contributed by atoms with van der Waals surface area (Å²) in [4.78, 5) is 30.6. The molecular formula is C17H18N4O3S. The molecule has 1 aromatic carbocycles. The molecule has 2 fully saturated rings. The average molecular weight is 358 g/mol. The van der Waals surface area contributed by atoms with Crippen molar-refractivity contribution in [2.24, 2.45) is 0 Å². The van der Waals surface area contributed by atoms with Gasteiger partial charge >= 0.3 is 0 Å². The van der Waals surface area contributed by atoms with Crippen LogP contribution in [0.4, 0.5) is 5.69 Å². The Bertz CT molecular complexity index is 852. The van der Waals surface area contributed by atoms with E-state index < -0.39 is 6.04 Å². The number of amides is 2. The Labute approximate surface area is 149 Å². The number of aryl methyl sites for hydroxylation is 1. The van der Waals surface area contributed by atoms with Crippen LogP contribution in [0, 0.1) is 6.92 Å². The molecule has 130 valence electrons. The van der Waals surface area contributed by atoms with Crippen LogP contribution in [0.1, 0.15) is 25.7 Å². The lowest BCUT2D eigenvalue weighted by atomic mass is 10.1. The highest BCUT2D eigenvalue weighted by Gasteiger charge is 2.52. The van der Waals surface area contributed by atoms with Crippen molar-refractivity contribution in [3.63, 3.8) is 0 Å². The molecule has 7 nitrogen and oxygen atoms in total. The summed E-state index contributed by atoms with van der Waals surface area (Å²) in [5.41, 5.74) is 1.41. The van der Waals surface area contributed by atoms with Gasteiger partial charge in [0.2, 0.25) is 23.5 Å². The molecule has 2 amide bonds. The first-order chi connectivity index (χ1) is 12.0. The minimum absolute atomic E-state index is 0.0590. The normalized spacial score (nSPS) is 25.3. The van der Waals surface area contributed by atoms with Gasteiger partial charge in [0.25, 0.3) is 0 Å². The molecule has 2 atom stereocenters. The molecule has 0 spiro atoms. The predicted molar refractivity (Wildman–Crippen MR) is 93.8 cm³/mol. The smallest absolute Gasteiger partial charge is 0.248 e. The van der Waals surface area contributed by atoms with E-state index in [-0.39, 0.29) is 16.7 Å². The highest BCUT2D eigenvalue weighted by molar-refractivity contribution is 8.01. The molecule has 2 aromatic rings. The summed E-state index contributed by atoms with van der Waals surface area (Å²) in [6.45, 7) is 3.76. The lowest BCUT2D eigenvalue weighted by Crippen LogP contribution is -2.48. The van der Waals surface area contributed by atoms with Crippen LogP contribution >= 0.6 is 11.8 Å². The minimum atomic E-state index is -0.430. The molecule has 0 saturated carbocycles. The third kappa shape index (κ3) is 2.80. The van der Waals surface area contributed by atoms with Crippen molar-refractivity contribution in [1.82, 2.24) is 15.0 Å². The quantitative estimate of drug-likeness (QED) is 0.907. The first-order valence-corrected chi connectivity index (χ1v) is 9.12. The van der Waals surface area contributed by atoms with Crippen molar-refractivity contribution in [2.75, 3.05) is 11.1 Å². The first kappa shape index (κ1) is 16.1. The van der Waals surface area contributed by atoms with Crippen molar-refractivity contribution in [2.45, 2.75) is 37.6 Å². The second-order valence-electron chi connectivity index (χ2n) is 6.47. The van der Waals surface area contributed by atoms with E-state index in [1.165, 1.54) is 0 Å². The number of aromatic nitrogens is 2. The number of benzene rings is 1. The Kier molecular flexibility index (Phi) is 3.79. The van der Waals surface area contributed by atoms with Gasteiger partial charge < -0.3 is 14.7 Å². The minimum Gasteiger partial charge on any atom is -0.339 e. The molecular weight excluding hydrogens is 340 g/mol. The SMILES string of the molecule is Cc1nc(-c2cccc(NC(=O)[C@H]3CS[C@]4(C)CCC(=O)N34)c2)no1. The van der Waals surface area contributed by atoms with Gasteiger partial charge in [0.1, 0.15) is 6.04 Å². The van der Waals surface area contributed by atoms with Crippen LogP contribution in [-0.4, -0.2) is 43.5 Å². The molecule has 2 aliphatic heterocycles. The zero-order valence-corrected chi connectivity index (χ0v) is 14.8. The summed E-state index contributed by atoms with van der Waals surface area (Å²) in [6, 6.07) is 6.86. The third-order valence-electron chi connectivity index (χ3n) is 4.66. The standard InChI is InChI=1S/C17H18N4O3S/c1-10-18-15(20-24-10)11-4-3-5-12(8-11)19-16(23)13-9-25-17(2)7-6-14(22)21(13)17/h3-5,8,13H,6-7,9H2,1-2H3,(H,19,23)/t13-,17-/m1/s1. The number of fused-ring (bicyclic) bond motifs is 1.